The molecule has 1 aliphatic carbocycles. The van der Waals surface area contributed by atoms with Gasteiger partial charge in [0.05, 0.1) is 22.4 Å². The van der Waals surface area contributed by atoms with Crippen molar-refractivity contribution in [1.29, 1.82) is 0 Å². The van der Waals surface area contributed by atoms with Gasteiger partial charge in [0.2, 0.25) is 0 Å². The molecule has 6 aromatic carbocycles. The summed E-state index contributed by atoms with van der Waals surface area (Å²) in [5.41, 5.74) is 10.8. The van der Waals surface area contributed by atoms with Crippen LogP contribution in [-0.2, 0) is 0 Å². The lowest BCUT2D eigenvalue weighted by atomic mass is 10.0. The van der Waals surface area contributed by atoms with Crippen molar-refractivity contribution < 1.29 is 0 Å². The predicted molar refractivity (Wildman–Crippen MR) is 176 cm³/mol. The summed E-state index contributed by atoms with van der Waals surface area (Å²) >= 11 is 0. The molecule has 0 unspecified atom stereocenters. The summed E-state index contributed by atoms with van der Waals surface area (Å²) in [6.45, 7) is 0. The molecule has 0 atom stereocenters. The van der Waals surface area contributed by atoms with Crippen LogP contribution in [0.5, 0.6) is 0 Å². The first-order chi connectivity index (χ1) is 21.3. The quantitative estimate of drug-likeness (QED) is 0.203. The van der Waals surface area contributed by atoms with E-state index in [0.29, 0.717) is 0 Å². The van der Waals surface area contributed by atoms with Crippen molar-refractivity contribution in [3.63, 3.8) is 0 Å². The highest BCUT2D eigenvalue weighted by Crippen LogP contribution is 2.46. The Morgan fingerprint density at radius 1 is 0.558 bits per heavy atom. The Morgan fingerprint density at radius 2 is 1.33 bits per heavy atom. The SMILES string of the molecule is C(#Cc1ccccc1-n1c2ccccc2c2cc(-c3ncc4c(n3)-c3cccc5cccc-4c35)ccc21)c1ccccc1. The molecule has 9 rings (SSSR count). The predicted octanol–water partition coefficient (Wildman–Crippen LogP) is 9.44. The topological polar surface area (TPSA) is 30.7 Å². The molecule has 0 N–H and O–H groups in total. The van der Waals surface area contributed by atoms with Gasteiger partial charge in [0, 0.05) is 44.8 Å². The van der Waals surface area contributed by atoms with E-state index >= 15 is 0 Å². The summed E-state index contributed by atoms with van der Waals surface area (Å²) in [7, 11) is 0. The number of nitrogens with zero attached hydrogens (tertiary/aromatic N) is 3. The second-order valence-electron chi connectivity index (χ2n) is 10.9. The smallest absolute Gasteiger partial charge is 0.159 e. The van der Waals surface area contributed by atoms with Crippen LogP contribution in [0.3, 0.4) is 0 Å². The number of fused-ring (bicyclic) bond motifs is 6. The first-order valence-corrected chi connectivity index (χ1v) is 14.4. The first kappa shape index (κ1) is 23.7. The Balaban J connectivity index is 1.21. The molecule has 3 nitrogen and oxygen atoms in total. The molecular formula is C40H23N3. The van der Waals surface area contributed by atoms with Gasteiger partial charge in [0.25, 0.3) is 0 Å². The number of hydrogen-bond acceptors (Lipinski definition) is 2. The Hall–Kier alpha value is -5.98. The van der Waals surface area contributed by atoms with Gasteiger partial charge in [-0.1, -0.05) is 96.8 Å². The molecule has 3 heteroatoms. The molecule has 0 aliphatic heterocycles. The Morgan fingerprint density at radius 3 is 2.23 bits per heavy atom. The van der Waals surface area contributed by atoms with Gasteiger partial charge in [-0.25, -0.2) is 9.97 Å². The minimum absolute atomic E-state index is 0.733. The van der Waals surface area contributed by atoms with E-state index < -0.39 is 0 Å². The van der Waals surface area contributed by atoms with E-state index in [9.17, 15) is 0 Å². The Bertz CT molecular complexity index is 2450. The van der Waals surface area contributed by atoms with Crippen molar-refractivity contribution in [1.82, 2.24) is 14.5 Å². The maximum atomic E-state index is 5.15. The summed E-state index contributed by atoms with van der Waals surface area (Å²) in [4.78, 5) is 10.0. The first-order valence-electron chi connectivity index (χ1n) is 14.4. The van der Waals surface area contributed by atoms with Gasteiger partial charge in [0.1, 0.15) is 0 Å². The molecule has 0 spiro atoms. The maximum Gasteiger partial charge on any atom is 0.159 e. The van der Waals surface area contributed by atoms with Crippen molar-refractivity contribution >= 4 is 32.6 Å². The Labute approximate surface area is 248 Å². The van der Waals surface area contributed by atoms with Crippen LogP contribution >= 0.6 is 0 Å². The van der Waals surface area contributed by atoms with Crippen molar-refractivity contribution in [2.45, 2.75) is 0 Å². The van der Waals surface area contributed by atoms with Crippen LogP contribution in [0.2, 0.25) is 0 Å². The fraction of sp³-hybridized carbons (Fsp3) is 0. The van der Waals surface area contributed by atoms with Crippen LogP contribution in [0.15, 0.2) is 140 Å². The second kappa shape index (κ2) is 9.27. The molecule has 0 amide bonds. The van der Waals surface area contributed by atoms with E-state index in [-0.39, 0.29) is 0 Å². The minimum atomic E-state index is 0.733. The van der Waals surface area contributed by atoms with Gasteiger partial charge in [-0.05, 0) is 64.9 Å². The third-order valence-electron chi connectivity index (χ3n) is 8.43. The van der Waals surface area contributed by atoms with Crippen molar-refractivity contribution in [3.8, 4) is 51.3 Å². The molecule has 198 valence electrons. The van der Waals surface area contributed by atoms with Crippen LogP contribution in [0, 0.1) is 11.8 Å². The van der Waals surface area contributed by atoms with Crippen LogP contribution in [0.4, 0.5) is 0 Å². The summed E-state index contributed by atoms with van der Waals surface area (Å²) < 4.78 is 2.32. The van der Waals surface area contributed by atoms with Gasteiger partial charge >= 0.3 is 0 Å². The maximum absolute atomic E-state index is 5.15. The van der Waals surface area contributed by atoms with Crippen LogP contribution < -0.4 is 0 Å². The molecule has 0 saturated carbocycles. The number of aromatic nitrogens is 3. The number of para-hydroxylation sites is 2. The van der Waals surface area contributed by atoms with Crippen LogP contribution in [-0.4, -0.2) is 14.5 Å². The number of rotatable bonds is 2. The summed E-state index contributed by atoms with van der Waals surface area (Å²) in [6, 6.07) is 46.5. The fourth-order valence-corrected chi connectivity index (χ4v) is 6.49. The fourth-order valence-electron chi connectivity index (χ4n) is 6.49. The van der Waals surface area contributed by atoms with E-state index in [2.05, 4.69) is 120 Å². The van der Waals surface area contributed by atoms with Gasteiger partial charge in [-0.3, -0.25) is 0 Å². The Kier molecular flexibility index (Phi) is 5.11. The highest BCUT2D eigenvalue weighted by Gasteiger charge is 2.24. The molecule has 8 aromatic rings. The van der Waals surface area contributed by atoms with Crippen molar-refractivity contribution in [2.75, 3.05) is 0 Å². The van der Waals surface area contributed by atoms with Crippen LogP contribution in [0.1, 0.15) is 11.1 Å². The zero-order chi connectivity index (χ0) is 28.3. The third kappa shape index (κ3) is 3.64. The normalized spacial score (nSPS) is 11.5. The van der Waals surface area contributed by atoms with Gasteiger partial charge in [-0.15, -0.1) is 0 Å². The highest BCUT2D eigenvalue weighted by molar-refractivity contribution is 6.14. The summed E-state index contributed by atoms with van der Waals surface area (Å²) in [6.07, 6.45) is 1.99. The lowest BCUT2D eigenvalue weighted by molar-refractivity contribution is 1.17. The van der Waals surface area contributed by atoms with E-state index in [1.165, 1.54) is 27.3 Å². The molecule has 0 radical (unpaired) electrons. The van der Waals surface area contributed by atoms with Gasteiger partial charge in [-0.2, -0.15) is 0 Å². The largest absolute Gasteiger partial charge is 0.308 e. The molecule has 2 aromatic heterocycles. The lowest BCUT2D eigenvalue weighted by Crippen LogP contribution is -1.97. The molecule has 0 bridgehead atoms. The molecule has 0 saturated heterocycles. The summed E-state index contributed by atoms with van der Waals surface area (Å²) in [5.74, 6) is 7.51. The summed E-state index contributed by atoms with van der Waals surface area (Å²) in [5, 5.41) is 4.84. The van der Waals surface area contributed by atoms with Crippen molar-refractivity contribution in [3.05, 3.63) is 151 Å². The van der Waals surface area contributed by atoms with E-state index in [1.54, 1.807) is 0 Å². The monoisotopic (exact) mass is 545 g/mol. The second-order valence-corrected chi connectivity index (χ2v) is 10.9. The van der Waals surface area contributed by atoms with Gasteiger partial charge in [0.15, 0.2) is 5.82 Å². The third-order valence-corrected chi connectivity index (χ3v) is 8.43. The van der Waals surface area contributed by atoms with Crippen molar-refractivity contribution in [2.24, 2.45) is 0 Å². The van der Waals surface area contributed by atoms with Gasteiger partial charge < -0.3 is 4.57 Å². The molecule has 43 heavy (non-hydrogen) atoms. The highest BCUT2D eigenvalue weighted by atomic mass is 15.0. The van der Waals surface area contributed by atoms with Crippen LogP contribution in [0.25, 0.3) is 72.0 Å². The minimum Gasteiger partial charge on any atom is -0.308 e. The standard InChI is InChI=1S/C40H23N3/c1-2-10-26(11-3-1)20-21-27-12-4-6-18-35(27)43-36-19-7-5-15-30(36)33-24-29(22-23-37(33)43)40-41-25-34-31-16-8-13-28-14-9-17-32(38(28)31)39(34)42-40/h1-19,22-25H. The average molecular weight is 546 g/mol. The zero-order valence-electron chi connectivity index (χ0n) is 23.1. The molecule has 1 aliphatic rings. The van der Waals surface area contributed by atoms with E-state index in [4.69, 9.17) is 9.97 Å². The van der Waals surface area contributed by atoms with E-state index in [0.717, 1.165) is 55.9 Å². The molecule has 0 fully saturated rings. The number of benzene rings is 6. The molecule has 2 heterocycles. The van der Waals surface area contributed by atoms with E-state index in [1.807, 2.05) is 36.5 Å². The molecular weight excluding hydrogens is 522 g/mol. The number of hydrogen-bond donors (Lipinski definition) is 0. The lowest BCUT2D eigenvalue weighted by Gasteiger charge is -2.10. The zero-order valence-corrected chi connectivity index (χ0v) is 23.1. The average Bonchev–Trinajstić information content (AvgIpc) is 3.58.